The molecular formula is C17H23N3O2. The Morgan fingerprint density at radius 3 is 2.36 bits per heavy atom. The Bertz CT molecular complexity index is 622. The number of benzene rings is 1. The van der Waals surface area contributed by atoms with Gasteiger partial charge in [0.1, 0.15) is 5.71 Å². The Labute approximate surface area is 131 Å². The second-order valence-electron chi connectivity index (χ2n) is 5.84. The maximum atomic E-state index is 12.0. The lowest BCUT2D eigenvalue weighted by atomic mass is 9.92. The summed E-state index contributed by atoms with van der Waals surface area (Å²) in [5.41, 5.74) is 9.19. The third-order valence-corrected chi connectivity index (χ3v) is 4.35. The summed E-state index contributed by atoms with van der Waals surface area (Å²) < 4.78 is 0. The van der Waals surface area contributed by atoms with E-state index in [1.54, 1.807) is 0 Å². The van der Waals surface area contributed by atoms with E-state index in [2.05, 4.69) is 49.6 Å². The van der Waals surface area contributed by atoms with Crippen LogP contribution < -0.4 is 10.7 Å². The minimum Gasteiger partial charge on any atom is -0.351 e. The van der Waals surface area contributed by atoms with Gasteiger partial charge in [-0.2, -0.15) is 5.10 Å². The second-order valence-corrected chi connectivity index (χ2v) is 5.84. The second kappa shape index (κ2) is 6.73. The van der Waals surface area contributed by atoms with Gasteiger partial charge in [-0.25, -0.2) is 5.43 Å². The monoisotopic (exact) mass is 301 g/mol. The Hall–Kier alpha value is -2.17. The van der Waals surface area contributed by atoms with Crippen LogP contribution in [-0.4, -0.2) is 24.1 Å². The summed E-state index contributed by atoms with van der Waals surface area (Å²) in [5, 5.41) is 6.69. The van der Waals surface area contributed by atoms with E-state index in [4.69, 9.17) is 0 Å². The summed E-state index contributed by atoms with van der Waals surface area (Å²) in [5.74, 6) is -0.335. The first-order valence-corrected chi connectivity index (χ1v) is 7.60. The smallest absolute Gasteiger partial charge is 0.267 e. The number of hydrogen-bond donors (Lipinski definition) is 2. The summed E-state index contributed by atoms with van der Waals surface area (Å²) in [6.45, 7) is 9.04. The highest BCUT2D eigenvalue weighted by Gasteiger charge is 2.18. The van der Waals surface area contributed by atoms with Gasteiger partial charge in [-0.3, -0.25) is 9.59 Å². The highest BCUT2D eigenvalue weighted by atomic mass is 16.2. The summed E-state index contributed by atoms with van der Waals surface area (Å²) in [6, 6.07) is 2.20. The lowest BCUT2D eigenvalue weighted by Crippen LogP contribution is -2.37. The Kier molecular flexibility index (Phi) is 4.96. The van der Waals surface area contributed by atoms with Crippen LogP contribution in [0.3, 0.4) is 0 Å². The number of amides is 2. The molecular weight excluding hydrogens is 278 g/mol. The van der Waals surface area contributed by atoms with E-state index < -0.39 is 0 Å². The van der Waals surface area contributed by atoms with E-state index in [0.29, 0.717) is 25.1 Å². The van der Waals surface area contributed by atoms with Crippen LogP contribution in [0, 0.1) is 27.7 Å². The van der Waals surface area contributed by atoms with Crippen LogP contribution in [0.2, 0.25) is 0 Å². The quantitative estimate of drug-likeness (QED) is 0.891. The van der Waals surface area contributed by atoms with Crippen LogP contribution in [0.4, 0.5) is 0 Å². The Morgan fingerprint density at radius 1 is 1.18 bits per heavy atom. The Balaban J connectivity index is 1.97. The number of hydrazone groups is 1. The molecule has 2 amide bonds. The molecule has 2 N–H and O–H groups in total. The molecule has 1 aromatic rings. The maximum absolute atomic E-state index is 12.0. The molecule has 0 aromatic heterocycles. The fraction of sp³-hybridized carbons (Fsp3) is 0.471. The Morgan fingerprint density at radius 2 is 1.82 bits per heavy atom. The number of nitrogens with zero attached hydrogens (tertiary/aromatic N) is 1. The fourth-order valence-corrected chi connectivity index (χ4v) is 2.71. The third-order valence-electron chi connectivity index (χ3n) is 4.35. The average Bonchev–Trinajstić information content (AvgIpc) is 2.49. The number of nitrogens with one attached hydrogen (secondary N) is 2. The van der Waals surface area contributed by atoms with Gasteiger partial charge >= 0.3 is 0 Å². The van der Waals surface area contributed by atoms with Gasteiger partial charge in [-0.05, 0) is 61.9 Å². The average molecular weight is 301 g/mol. The maximum Gasteiger partial charge on any atom is 0.267 e. The minimum atomic E-state index is -0.195. The molecule has 0 fully saturated rings. The molecule has 0 spiro atoms. The van der Waals surface area contributed by atoms with Gasteiger partial charge in [-0.1, -0.05) is 6.07 Å². The predicted molar refractivity (Wildman–Crippen MR) is 86.9 cm³/mol. The molecule has 2 rings (SSSR count). The molecule has 0 bridgehead atoms. The van der Waals surface area contributed by atoms with Gasteiger partial charge < -0.3 is 5.32 Å². The first-order chi connectivity index (χ1) is 10.4. The molecule has 1 aliphatic rings. The highest BCUT2D eigenvalue weighted by Crippen LogP contribution is 2.21. The molecule has 0 saturated heterocycles. The zero-order valence-corrected chi connectivity index (χ0v) is 13.7. The van der Waals surface area contributed by atoms with Gasteiger partial charge in [0.25, 0.3) is 5.91 Å². The lowest BCUT2D eigenvalue weighted by molar-refractivity contribution is -0.121. The zero-order valence-electron chi connectivity index (χ0n) is 13.7. The number of carbonyl (C=O) groups is 2. The molecule has 1 aliphatic heterocycles. The molecule has 0 atom stereocenters. The van der Waals surface area contributed by atoms with Crippen molar-refractivity contribution in [2.45, 2.75) is 47.0 Å². The van der Waals surface area contributed by atoms with Crippen molar-refractivity contribution in [3.8, 4) is 0 Å². The zero-order chi connectivity index (χ0) is 16.3. The topological polar surface area (TPSA) is 70.6 Å². The predicted octanol–water partition coefficient (Wildman–Crippen LogP) is 1.84. The van der Waals surface area contributed by atoms with Gasteiger partial charge in [-0.15, -0.1) is 0 Å². The number of hydrogen-bond acceptors (Lipinski definition) is 3. The van der Waals surface area contributed by atoms with Crippen LogP contribution in [-0.2, 0) is 16.0 Å². The number of aryl methyl sites for hydroxylation is 2. The fourth-order valence-electron chi connectivity index (χ4n) is 2.71. The summed E-state index contributed by atoms with van der Waals surface area (Å²) in [7, 11) is 0. The number of carbonyl (C=O) groups excluding carboxylic acids is 2. The molecule has 0 saturated carbocycles. The van der Waals surface area contributed by atoms with E-state index in [1.165, 1.54) is 27.8 Å². The van der Waals surface area contributed by atoms with Crippen molar-refractivity contribution in [1.29, 1.82) is 0 Å². The first kappa shape index (κ1) is 16.2. The third kappa shape index (κ3) is 3.53. The molecule has 5 nitrogen and oxygen atoms in total. The van der Waals surface area contributed by atoms with Gasteiger partial charge in [0, 0.05) is 19.4 Å². The van der Waals surface area contributed by atoms with Crippen molar-refractivity contribution < 1.29 is 9.59 Å². The summed E-state index contributed by atoms with van der Waals surface area (Å²) in [6.07, 6.45) is 1.52. The number of rotatable bonds is 4. The molecule has 118 valence electrons. The van der Waals surface area contributed by atoms with Crippen molar-refractivity contribution in [2.24, 2.45) is 5.10 Å². The van der Waals surface area contributed by atoms with E-state index in [-0.39, 0.29) is 11.8 Å². The van der Waals surface area contributed by atoms with Crippen LogP contribution in [0.1, 0.15) is 40.7 Å². The molecule has 0 unspecified atom stereocenters. The van der Waals surface area contributed by atoms with E-state index in [0.717, 1.165) is 6.42 Å². The molecule has 22 heavy (non-hydrogen) atoms. The highest BCUT2D eigenvalue weighted by molar-refractivity contribution is 6.39. The van der Waals surface area contributed by atoms with Crippen molar-refractivity contribution in [1.82, 2.24) is 10.7 Å². The van der Waals surface area contributed by atoms with Crippen molar-refractivity contribution in [3.05, 3.63) is 33.9 Å². The summed E-state index contributed by atoms with van der Waals surface area (Å²) in [4.78, 5) is 23.0. The van der Waals surface area contributed by atoms with Crippen LogP contribution in [0.15, 0.2) is 11.2 Å². The van der Waals surface area contributed by atoms with Crippen LogP contribution in [0.5, 0.6) is 0 Å². The van der Waals surface area contributed by atoms with Crippen molar-refractivity contribution in [2.75, 3.05) is 6.54 Å². The van der Waals surface area contributed by atoms with Gasteiger partial charge in [0.15, 0.2) is 0 Å². The van der Waals surface area contributed by atoms with Crippen LogP contribution >= 0.6 is 0 Å². The first-order valence-electron chi connectivity index (χ1n) is 7.60. The molecule has 0 radical (unpaired) electrons. The van der Waals surface area contributed by atoms with Gasteiger partial charge in [0.2, 0.25) is 5.91 Å². The molecule has 1 heterocycles. The van der Waals surface area contributed by atoms with E-state index in [1.807, 2.05) is 0 Å². The SMILES string of the molecule is Cc1cc(C)c(C)c(CCNC(=O)C2=NNC(=O)CC2)c1C. The minimum absolute atomic E-state index is 0.141. The normalized spacial score (nSPS) is 14.4. The molecule has 1 aromatic carbocycles. The largest absolute Gasteiger partial charge is 0.351 e. The standard InChI is InChI=1S/C17H23N3O2/c1-10-9-11(2)13(4)14(12(10)3)7-8-18-17(22)15-5-6-16(21)20-19-15/h9H,5-8H2,1-4H3,(H,18,22)(H,20,21). The van der Waals surface area contributed by atoms with Crippen molar-refractivity contribution >= 4 is 17.5 Å². The van der Waals surface area contributed by atoms with Gasteiger partial charge in [0.05, 0.1) is 0 Å². The van der Waals surface area contributed by atoms with Crippen molar-refractivity contribution in [3.63, 3.8) is 0 Å². The molecule has 5 heteroatoms. The van der Waals surface area contributed by atoms with E-state index in [9.17, 15) is 9.59 Å². The summed E-state index contributed by atoms with van der Waals surface area (Å²) >= 11 is 0. The molecule has 0 aliphatic carbocycles. The lowest BCUT2D eigenvalue weighted by Gasteiger charge is -2.16. The van der Waals surface area contributed by atoms with Crippen LogP contribution in [0.25, 0.3) is 0 Å². The van der Waals surface area contributed by atoms with E-state index >= 15 is 0 Å².